The molecule has 1 amide bonds. The number of halogens is 1. The summed E-state index contributed by atoms with van der Waals surface area (Å²) in [4.78, 5) is 16.5. The lowest BCUT2D eigenvalue weighted by molar-refractivity contribution is 0.102. The topological polar surface area (TPSA) is 85.1 Å². The zero-order valence-electron chi connectivity index (χ0n) is 16.1. The van der Waals surface area contributed by atoms with E-state index in [-0.39, 0.29) is 5.91 Å². The molecule has 0 radical (unpaired) electrons. The van der Waals surface area contributed by atoms with Crippen LogP contribution in [0.25, 0.3) is 28.3 Å². The second-order valence-corrected chi connectivity index (χ2v) is 7.71. The van der Waals surface area contributed by atoms with Crippen LogP contribution < -0.4 is 5.32 Å². The number of hydrogen-bond donors (Lipinski definition) is 1. The average molecular weight is 471 g/mol. The summed E-state index contributed by atoms with van der Waals surface area (Å²) in [7, 11) is 0. The molecule has 5 rings (SSSR count). The third-order valence-electron chi connectivity index (χ3n) is 4.73. The minimum absolute atomic E-state index is 0.167. The van der Waals surface area contributed by atoms with Crippen LogP contribution in [0.2, 0.25) is 0 Å². The van der Waals surface area contributed by atoms with Gasteiger partial charge in [-0.15, -0.1) is 10.2 Å². The van der Waals surface area contributed by atoms with E-state index in [9.17, 15) is 4.79 Å². The van der Waals surface area contributed by atoms with Gasteiger partial charge in [-0.1, -0.05) is 34.1 Å². The number of pyridine rings is 1. The van der Waals surface area contributed by atoms with Crippen molar-refractivity contribution < 1.29 is 4.79 Å². The van der Waals surface area contributed by atoms with E-state index in [4.69, 9.17) is 5.10 Å². The van der Waals surface area contributed by atoms with E-state index in [2.05, 4.69) is 36.4 Å². The fourth-order valence-electron chi connectivity index (χ4n) is 3.18. The Morgan fingerprint density at radius 1 is 0.871 bits per heavy atom. The van der Waals surface area contributed by atoms with Gasteiger partial charge in [-0.3, -0.25) is 9.78 Å². The summed E-state index contributed by atoms with van der Waals surface area (Å²) < 4.78 is 2.57. The second-order valence-electron chi connectivity index (χ2n) is 6.79. The monoisotopic (exact) mass is 470 g/mol. The van der Waals surface area contributed by atoms with Crippen molar-refractivity contribution in [1.82, 2.24) is 24.8 Å². The van der Waals surface area contributed by atoms with Gasteiger partial charge in [0.2, 0.25) is 0 Å². The minimum atomic E-state index is -0.167. The lowest BCUT2D eigenvalue weighted by Gasteiger charge is -2.07. The number of anilines is 1. The first-order chi connectivity index (χ1) is 15.2. The highest BCUT2D eigenvalue weighted by molar-refractivity contribution is 9.10. The molecule has 150 valence electrons. The van der Waals surface area contributed by atoms with E-state index in [0.29, 0.717) is 22.7 Å². The third kappa shape index (κ3) is 3.93. The molecule has 3 heterocycles. The fraction of sp³-hybridized carbons (Fsp3) is 0. The zero-order valence-corrected chi connectivity index (χ0v) is 17.7. The van der Waals surface area contributed by atoms with E-state index < -0.39 is 0 Å². The van der Waals surface area contributed by atoms with Crippen molar-refractivity contribution in [3.8, 4) is 22.6 Å². The molecule has 0 saturated carbocycles. The summed E-state index contributed by atoms with van der Waals surface area (Å²) in [5, 5.41) is 16.1. The van der Waals surface area contributed by atoms with Gasteiger partial charge in [-0.05, 0) is 54.6 Å². The summed E-state index contributed by atoms with van der Waals surface area (Å²) in [6, 6.07) is 22.3. The molecule has 2 aromatic carbocycles. The molecule has 3 aromatic heterocycles. The predicted molar refractivity (Wildman–Crippen MR) is 122 cm³/mol. The van der Waals surface area contributed by atoms with E-state index in [0.717, 1.165) is 21.3 Å². The van der Waals surface area contributed by atoms with Crippen molar-refractivity contribution in [3.63, 3.8) is 0 Å². The molecular formula is C23H15BrN6O. The summed E-state index contributed by atoms with van der Waals surface area (Å²) in [5.41, 5.74) is 4.52. The Morgan fingerprint density at radius 2 is 1.68 bits per heavy atom. The molecule has 0 saturated heterocycles. The molecule has 0 bridgehead atoms. The van der Waals surface area contributed by atoms with Gasteiger partial charge in [0, 0.05) is 39.2 Å². The summed E-state index contributed by atoms with van der Waals surface area (Å²) in [6.45, 7) is 0. The molecule has 0 spiro atoms. The molecule has 0 aliphatic carbocycles. The first kappa shape index (κ1) is 19.1. The van der Waals surface area contributed by atoms with Gasteiger partial charge in [0.15, 0.2) is 11.5 Å². The summed E-state index contributed by atoms with van der Waals surface area (Å²) in [6.07, 6.45) is 3.42. The first-order valence-electron chi connectivity index (χ1n) is 9.47. The number of hydrogen-bond acceptors (Lipinski definition) is 5. The van der Waals surface area contributed by atoms with Gasteiger partial charge >= 0.3 is 0 Å². The predicted octanol–water partition coefficient (Wildman–Crippen LogP) is 4.87. The van der Waals surface area contributed by atoms with E-state index in [1.807, 2.05) is 60.7 Å². The minimum Gasteiger partial charge on any atom is -0.322 e. The number of nitrogens with zero attached hydrogens (tertiary/aromatic N) is 5. The normalized spacial score (nSPS) is 10.9. The van der Waals surface area contributed by atoms with E-state index in [1.165, 1.54) is 0 Å². The van der Waals surface area contributed by atoms with Gasteiger partial charge in [0.05, 0.1) is 5.69 Å². The number of amides is 1. The Bertz CT molecular complexity index is 1380. The summed E-state index contributed by atoms with van der Waals surface area (Å²) >= 11 is 3.38. The highest BCUT2D eigenvalue weighted by Gasteiger charge is 2.11. The largest absolute Gasteiger partial charge is 0.322 e. The maximum Gasteiger partial charge on any atom is 0.255 e. The van der Waals surface area contributed by atoms with Crippen LogP contribution in [0.5, 0.6) is 0 Å². The highest BCUT2D eigenvalue weighted by Crippen LogP contribution is 2.23. The molecule has 8 heteroatoms. The Labute approximate surface area is 185 Å². The van der Waals surface area contributed by atoms with Gasteiger partial charge in [-0.25, -0.2) is 0 Å². The van der Waals surface area contributed by atoms with Crippen LogP contribution in [0.15, 0.2) is 89.7 Å². The molecule has 0 fully saturated rings. The second kappa shape index (κ2) is 8.08. The maximum absolute atomic E-state index is 12.4. The number of carbonyl (C=O) groups is 1. The smallest absolute Gasteiger partial charge is 0.255 e. The molecule has 0 aliphatic heterocycles. The Balaban J connectivity index is 1.41. The van der Waals surface area contributed by atoms with Crippen molar-refractivity contribution in [3.05, 3.63) is 95.2 Å². The van der Waals surface area contributed by atoms with Crippen molar-refractivity contribution >= 4 is 33.2 Å². The number of fused-ring (bicyclic) bond motifs is 1. The SMILES string of the molecule is O=C(Nc1ccc(-c2ccc3nnc(-c4ccncc4)n3n2)cc1)c1cccc(Br)c1. The number of rotatable bonds is 4. The van der Waals surface area contributed by atoms with Gasteiger partial charge in [0.25, 0.3) is 5.91 Å². The van der Waals surface area contributed by atoms with Crippen molar-refractivity contribution in [2.24, 2.45) is 0 Å². The highest BCUT2D eigenvalue weighted by atomic mass is 79.9. The van der Waals surface area contributed by atoms with Gasteiger partial charge in [0.1, 0.15) is 0 Å². The molecule has 0 unspecified atom stereocenters. The molecule has 5 aromatic rings. The number of carbonyl (C=O) groups excluding carboxylic acids is 1. The lowest BCUT2D eigenvalue weighted by atomic mass is 10.1. The number of benzene rings is 2. The van der Waals surface area contributed by atoms with Crippen molar-refractivity contribution in [2.45, 2.75) is 0 Å². The standard InChI is InChI=1S/C23H15BrN6O/c24-18-3-1-2-17(14-18)23(31)26-19-6-4-15(5-7-19)20-8-9-21-27-28-22(30(21)29-20)16-10-12-25-13-11-16/h1-14H,(H,26,31). The molecule has 0 atom stereocenters. The third-order valence-corrected chi connectivity index (χ3v) is 5.22. The lowest BCUT2D eigenvalue weighted by Crippen LogP contribution is -2.11. The van der Waals surface area contributed by atoms with Crippen molar-refractivity contribution in [2.75, 3.05) is 5.32 Å². The Kier molecular flexibility index (Phi) is 4.97. The molecular weight excluding hydrogens is 456 g/mol. The zero-order chi connectivity index (χ0) is 21.2. The number of nitrogens with one attached hydrogen (secondary N) is 1. The van der Waals surface area contributed by atoms with Crippen LogP contribution in [-0.4, -0.2) is 30.7 Å². The van der Waals surface area contributed by atoms with Crippen LogP contribution in [-0.2, 0) is 0 Å². The Hall–Kier alpha value is -3.91. The molecule has 31 heavy (non-hydrogen) atoms. The van der Waals surface area contributed by atoms with Crippen LogP contribution in [0.1, 0.15) is 10.4 Å². The molecule has 7 nitrogen and oxygen atoms in total. The first-order valence-corrected chi connectivity index (χ1v) is 10.3. The van der Waals surface area contributed by atoms with E-state index >= 15 is 0 Å². The Morgan fingerprint density at radius 3 is 2.45 bits per heavy atom. The van der Waals surface area contributed by atoms with Crippen LogP contribution in [0.3, 0.4) is 0 Å². The summed E-state index contributed by atoms with van der Waals surface area (Å²) in [5.74, 6) is 0.484. The molecule has 0 aliphatic rings. The van der Waals surface area contributed by atoms with Gasteiger partial charge < -0.3 is 5.32 Å². The quantitative estimate of drug-likeness (QED) is 0.405. The average Bonchev–Trinajstić information content (AvgIpc) is 3.23. The van der Waals surface area contributed by atoms with Crippen LogP contribution in [0.4, 0.5) is 5.69 Å². The molecule has 1 N–H and O–H groups in total. The van der Waals surface area contributed by atoms with Gasteiger partial charge in [-0.2, -0.15) is 9.61 Å². The van der Waals surface area contributed by atoms with Crippen LogP contribution >= 0.6 is 15.9 Å². The number of aromatic nitrogens is 5. The fourth-order valence-corrected chi connectivity index (χ4v) is 3.58. The van der Waals surface area contributed by atoms with E-state index in [1.54, 1.807) is 29.0 Å². The van der Waals surface area contributed by atoms with Crippen molar-refractivity contribution in [1.29, 1.82) is 0 Å². The maximum atomic E-state index is 12.4. The van der Waals surface area contributed by atoms with Crippen LogP contribution in [0, 0.1) is 0 Å².